The molecule has 114 valence electrons. The maximum absolute atomic E-state index is 12.3. The Hall–Kier alpha value is -1.59. The number of fused-ring (bicyclic) bond motifs is 2. The predicted molar refractivity (Wildman–Crippen MR) is 79.0 cm³/mol. The summed E-state index contributed by atoms with van der Waals surface area (Å²) in [5, 5.41) is 3.59. The molecule has 2 heterocycles. The van der Waals surface area contributed by atoms with Crippen molar-refractivity contribution < 1.29 is 14.3 Å². The zero-order chi connectivity index (χ0) is 14.7. The van der Waals surface area contributed by atoms with Gasteiger partial charge in [-0.05, 0) is 18.4 Å². The van der Waals surface area contributed by atoms with E-state index in [1.54, 1.807) is 7.11 Å². The van der Waals surface area contributed by atoms with E-state index in [9.17, 15) is 4.79 Å². The van der Waals surface area contributed by atoms with Crippen LogP contribution in [0.3, 0.4) is 0 Å². The number of nitrogens with one attached hydrogen (secondary N) is 1. The van der Waals surface area contributed by atoms with Gasteiger partial charge in [0.05, 0.1) is 12.1 Å². The summed E-state index contributed by atoms with van der Waals surface area (Å²) < 4.78 is 10.8. The smallest absolute Gasteiger partial charge is 0.410 e. The van der Waals surface area contributed by atoms with Crippen molar-refractivity contribution in [2.24, 2.45) is 0 Å². The van der Waals surface area contributed by atoms with E-state index < -0.39 is 0 Å². The molecular formula is C16H22N2O3. The Balaban J connectivity index is 1.58. The first-order valence-electron chi connectivity index (χ1n) is 7.43. The average Bonchev–Trinajstić information content (AvgIpc) is 2.80. The Morgan fingerprint density at radius 2 is 2.24 bits per heavy atom. The molecule has 2 fully saturated rings. The summed E-state index contributed by atoms with van der Waals surface area (Å²) >= 11 is 0. The van der Waals surface area contributed by atoms with Crippen molar-refractivity contribution in [3.05, 3.63) is 35.9 Å². The van der Waals surface area contributed by atoms with Crippen LogP contribution in [0.25, 0.3) is 0 Å². The number of hydrogen-bond donors (Lipinski definition) is 1. The molecule has 0 spiro atoms. The minimum atomic E-state index is -0.229. The second-order valence-electron chi connectivity index (χ2n) is 6.01. The first-order valence-corrected chi connectivity index (χ1v) is 7.43. The van der Waals surface area contributed by atoms with Crippen LogP contribution in [0.4, 0.5) is 4.79 Å². The minimum Gasteiger partial charge on any atom is -0.445 e. The number of rotatable bonds is 4. The third kappa shape index (κ3) is 3.19. The Labute approximate surface area is 125 Å². The molecule has 1 N–H and O–H groups in total. The summed E-state index contributed by atoms with van der Waals surface area (Å²) in [6.07, 6.45) is 1.91. The zero-order valence-corrected chi connectivity index (χ0v) is 12.4. The lowest BCUT2D eigenvalue weighted by atomic mass is 9.98. The molecular weight excluding hydrogens is 268 g/mol. The molecule has 5 nitrogen and oxygen atoms in total. The monoisotopic (exact) mass is 290 g/mol. The Bertz CT molecular complexity index is 490. The number of carbonyl (C=O) groups excluding carboxylic acids is 1. The summed E-state index contributed by atoms with van der Waals surface area (Å²) in [5.41, 5.74) is 0.916. The van der Waals surface area contributed by atoms with Gasteiger partial charge in [0.1, 0.15) is 6.61 Å². The number of piperazine rings is 1. The van der Waals surface area contributed by atoms with E-state index in [4.69, 9.17) is 9.47 Å². The highest BCUT2D eigenvalue weighted by Crippen LogP contribution is 2.30. The molecule has 0 radical (unpaired) electrons. The fourth-order valence-electron chi connectivity index (χ4n) is 3.37. The van der Waals surface area contributed by atoms with Gasteiger partial charge in [-0.25, -0.2) is 4.79 Å². The molecule has 0 aliphatic carbocycles. The lowest BCUT2D eigenvalue weighted by Crippen LogP contribution is -2.62. The van der Waals surface area contributed by atoms with E-state index in [0.717, 1.165) is 24.9 Å². The lowest BCUT2D eigenvalue weighted by molar-refractivity contribution is 0.0431. The fourth-order valence-corrected chi connectivity index (χ4v) is 3.37. The minimum absolute atomic E-state index is 0.0938. The molecule has 2 atom stereocenters. The van der Waals surface area contributed by atoms with Gasteiger partial charge in [-0.1, -0.05) is 30.3 Å². The van der Waals surface area contributed by atoms with Crippen LogP contribution < -0.4 is 5.32 Å². The highest BCUT2D eigenvalue weighted by atomic mass is 16.6. The molecule has 1 aromatic rings. The average molecular weight is 290 g/mol. The van der Waals surface area contributed by atoms with Crippen LogP contribution >= 0.6 is 0 Å². The van der Waals surface area contributed by atoms with Gasteiger partial charge in [-0.2, -0.15) is 0 Å². The first kappa shape index (κ1) is 14.4. The van der Waals surface area contributed by atoms with Crippen LogP contribution in [0.1, 0.15) is 18.4 Å². The van der Waals surface area contributed by atoms with E-state index >= 15 is 0 Å². The molecule has 3 rings (SSSR count). The van der Waals surface area contributed by atoms with Gasteiger partial charge < -0.3 is 19.7 Å². The number of benzene rings is 1. The summed E-state index contributed by atoms with van der Waals surface area (Å²) in [4.78, 5) is 14.1. The van der Waals surface area contributed by atoms with Crippen molar-refractivity contribution >= 4 is 6.09 Å². The molecule has 1 amide bonds. The van der Waals surface area contributed by atoms with Crippen molar-refractivity contribution in [1.82, 2.24) is 10.2 Å². The number of likely N-dealkylation sites (tertiary alicyclic amines) is 1. The molecule has 0 aromatic heterocycles. The summed E-state index contributed by atoms with van der Waals surface area (Å²) in [6, 6.07) is 10.1. The van der Waals surface area contributed by atoms with Crippen molar-refractivity contribution in [3.8, 4) is 0 Å². The van der Waals surface area contributed by atoms with Gasteiger partial charge in [0, 0.05) is 26.2 Å². The summed E-state index contributed by atoms with van der Waals surface area (Å²) in [6.45, 7) is 2.33. The second kappa shape index (κ2) is 6.03. The molecule has 1 aromatic carbocycles. The molecule has 2 saturated heterocycles. The number of hydrogen-bond acceptors (Lipinski definition) is 4. The largest absolute Gasteiger partial charge is 0.445 e. The molecule has 5 heteroatoms. The number of amides is 1. The SMILES string of the molecule is COC[C@@]12CC[C@@H](CN(C(=O)OCc3ccccc3)C1)N2. The van der Waals surface area contributed by atoms with Gasteiger partial charge in [0.15, 0.2) is 0 Å². The van der Waals surface area contributed by atoms with Crippen LogP contribution in [0.5, 0.6) is 0 Å². The molecule has 2 bridgehead atoms. The maximum Gasteiger partial charge on any atom is 0.410 e. The van der Waals surface area contributed by atoms with Crippen molar-refractivity contribution in [2.45, 2.75) is 31.0 Å². The van der Waals surface area contributed by atoms with E-state index in [0.29, 0.717) is 25.8 Å². The predicted octanol–water partition coefficient (Wildman–Crippen LogP) is 1.78. The van der Waals surface area contributed by atoms with E-state index in [1.807, 2.05) is 35.2 Å². The van der Waals surface area contributed by atoms with Crippen molar-refractivity contribution in [2.75, 3.05) is 26.8 Å². The van der Waals surface area contributed by atoms with Gasteiger partial charge in [-0.3, -0.25) is 0 Å². The Morgan fingerprint density at radius 1 is 1.43 bits per heavy atom. The first-order chi connectivity index (χ1) is 10.2. The third-order valence-corrected chi connectivity index (χ3v) is 4.30. The van der Waals surface area contributed by atoms with Crippen molar-refractivity contribution in [3.63, 3.8) is 0 Å². The highest BCUT2D eigenvalue weighted by Gasteiger charge is 2.46. The standard InChI is InChI=1S/C16H22N2O3/c1-20-12-16-8-7-14(17-16)9-18(11-16)15(19)21-10-13-5-3-2-4-6-13/h2-6,14,17H,7-12H2,1H3/t14-,16+/m0/s1. The quantitative estimate of drug-likeness (QED) is 0.918. The topological polar surface area (TPSA) is 50.8 Å². The molecule has 2 aliphatic rings. The lowest BCUT2D eigenvalue weighted by Gasteiger charge is -2.40. The molecule has 0 saturated carbocycles. The van der Waals surface area contributed by atoms with Crippen LogP contribution in [-0.2, 0) is 16.1 Å². The summed E-state index contributed by atoms with van der Waals surface area (Å²) in [7, 11) is 1.70. The van der Waals surface area contributed by atoms with Crippen LogP contribution in [-0.4, -0.2) is 49.4 Å². The zero-order valence-electron chi connectivity index (χ0n) is 12.4. The van der Waals surface area contributed by atoms with Crippen LogP contribution in [0, 0.1) is 0 Å². The van der Waals surface area contributed by atoms with E-state index in [1.165, 1.54) is 0 Å². The second-order valence-corrected chi connectivity index (χ2v) is 6.01. The third-order valence-electron chi connectivity index (χ3n) is 4.30. The van der Waals surface area contributed by atoms with Crippen LogP contribution in [0.15, 0.2) is 30.3 Å². The fraction of sp³-hybridized carbons (Fsp3) is 0.562. The van der Waals surface area contributed by atoms with Gasteiger partial charge in [0.25, 0.3) is 0 Å². The Kier molecular flexibility index (Phi) is 4.12. The molecule has 2 aliphatic heterocycles. The van der Waals surface area contributed by atoms with Gasteiger partial charge in [0.2, 0.25) is 0 Å². The number of methoxy groups -OCH3 is 1. The normalized spacial score (nSPS) is 27.7. The van der Waals surface area contributed by atoms with Gasteiger partial charge >= 0.3 is 6.09 Å². The number of ether oxygens (including phenoxy) is 2. The maximum atomic E-state index is 12.3. The molecule has 21 heavy (non-hydrogen) atoms. The van der Waals surface area contributed by atoms with E-state index in [-0.39, 0.29) is 11.6 Å². The van der Waals surface area contributed by atoms with Gasteiger partial charge in [-0.15, -0.1) is 0 Å². The highest BCUT2D eigenvalue weighted by molar-refractivity contribution is 5.68. The van der Waals surface area contributed by atoms with Crippen molar-refractivity contribution in [1.29, 1.82) is 0 Å². The van der Waals surface area contributed by atoms with Crippen LogP contribution in [0.2, 0.25) is 0 Å². The summed E-state index contributed by atoms with van der Waals surface area (Å²) in [5.74, 6) is 0. The van der Waals surface area contributed by atoms with E-state index in [2.05, 4.69) is 5.32 Å². The number of carbonyl (C=O) groups is 1. The molecule has 0 unspecified atom stereocenters. The Morgan fingerprint density at radius 3 is 3.00 bits per heavy atom. The number of nitrogens with zero attached hydrogens (tertiary/aromatic N) is 1.